The molecule has 1 rings (SSSR count). The predicted molar refractivity (Wildman–Crippen MR) is 50.4 cm³/mol. The van der Waals surface area contributed by atoms with Crippen molar-refractivity contribution in [1.82, 2.24) is 0 Å². The molecule has 4 nitrogen and oxygen atoms in total. The molecule has 0 bridgehead atoms. The third-order valence-corrected chi connectivity index (χ3v) is 1.98. The molecule has 0 radical (unpaired) electrons. The van der Waals surface area contributed by atoms with Crippen LogP contribution in [0.25, 0.3) is 0 Å². The fourth-order valence-corrected chi connectivity index (χ4v) is 1.15. The van der Waals surface area contributed by atoms with Gasteiger partial charge in [0.1, 0.15) is 5.75 Å². The minimum atomic E-state index is -2.99. The fraction of sp³-hybridized carbons (Fsp3) is 0.300. The predicted octanol–water partition coefficient (Wildman–Crippen LogP) is 1.71. The number of rotatable bonds is 4. The van der Waals surface area contributed by atoms with E-state index < -0.39 is 18.7 Å². The maximum absolute atomic E-state index is 12.0. The second-order valence-corrected chi connectivity index (χ2v) is 3.14. The SMILES string of the molecule is Cc1ccc(C(O)C(=O)O)cc1OC(F)F. The number of aliphatic hydroxyl groups excluding tert-OH is 1. The summed E-state index contributed by atoms with van der Waals surface area (Å²) in [7, 11) is 0. The number of carbonyl (C=O) groups is 1. The lowest BCUT2D eigenvalue weighted by atomic mass is 10.1. The molecule has 0 aliphatic rings. The molecule has 0 heterocycles. The number of aliphatic hydroxyl groups is 1. The lowest BCUT2D eigenvalue weighted by molar-refractivity contribution is -0.146. The van der Waals surface area contributed by atoms with E-state index in [0.29, 0.717) is 5.56 Å². The molecule has 0 aliphatic carbocycles. The first-order valence-corrected chi connectivity index (χ1v) is 4.38. The van der Waals surface area contributed by atoms with Gasteiger partial charge >= 0.3 is 12.6 Å². The summed E-state index contributed by atoms with van der Waals surface area (Å²) >= 11 is 0. The molecule has 2 N–H and O–H groups in total. The van der Waals surface area contributed by atoms with Crippen molar-refractivity contribution >= 4 is 5.97 Å². The number of carboxylic acid groups (broad SMARTS) is 1. The van der Waals surface area contributed by atoms with Crippen LogP contribution in [0.1, 0.15) is 17.2 Å². The highest BCUT2D eigenvalue weighted by Crippen LogP contribution is 2.25. The Labute approximate surface area is 90.1 Å². The topological polar surface area (TPSA) is 66.8 Å². The van der Waals surface area contributed by atoms with E-state index in [1.807, 2.05) is 0 Å². The Balaban J connectivity index is 3.02. The first kappa shape index (κ1) is 12.4. The molecule has 0 saturated heterocycles. The fourth-order valence-electron chi connectivity index (χ4n) is 1.15. The van der Waals surface area contributed by atoms with Crippen molar-refractivity contribution in [2.75, 3.05) is 0 Å². The number of hydrogen-bond acceptors (Lipinski definition) is 3. The van der Waals surface area contributed by atoms with Crippen LogP contribution < -0.4 is 4.74 Å². The zero-order chi connectivity index (χ0) is 12.3. The van der Waals surface area contributed by atoms with E-state index in [1.165, 1.54) is 19.1 Å². The van der Waals surface area contributed by atoms with Gasteiger partial charge in [-0.3, -0.25) is 0 Å². The average Bonchev–Trinajstić information content (AvgIpc) is 2.19. The molecular weight excluding hydrogens is 222 g/mol. The van der Waals surface area contributed by atoms with E-state index in [-0.39, 0.29) is 11.3 Å². The van der Waals surface area contributed by atoms with Gasteiger partial charge in [-0.15, -0.1) is 0 Å². The number of hydrogen-bond donors (Lipinski definition) is 2. The molecule has 0 aromatic heterocycles. The lowest BCUT2D eigenvalue weighted by Gasteiger charge is -2.11. The van der Waals surface area contributed by atoms with Gasteiger partial charge in [0.15, 0.2) is 6.10 Å². The number of benzene rings is 1. The molecule has 1 aromatic carbocycles. The van der Waals surface area contributed by atoms with Crippen molar-refractivity contribution in [1.29, 1.82) is 0 Å². The zero-order valence-electron chi connectivity index (χ0n) is 8.35. The number of halogens is 2. The molecule has 0 aliphatic heterocycles. The summed E-state index contributed by atoms with van der Waals surface area (Å²) in [5.41, 5.74) is 0.426. The quantitative estimate of drug-likeness (QED) is 0.829. The molecule has 0 spiro atoms. The molecule has 0 amide bonds. The van der Waals surface area contributed by atoms with E-state index in [4.69, 9.17) is 5.11 Å². The van der Waals surface area contributed by atoms with E-state index in [0.717, 1.165) is 6.07 Å². The molecule has 0 saturated carbocycles. The van der Waals surface area contributed by atoms with Gasteiger partial charge in [0.05, 0.1) is 0 Å². The molecule has 6 heteroatoms. The van der Waals surface area contributed by atoms with Crippen molar-refractivity contribution in [2.24, 2.45) is 0 Å². The first-order valence-electron chi connectivity index (χ1n) is 4.38. The molecule has 1 atom stereocenters. The second-order valence-electron chi connectivity index (χ2n) is 3.14. The van der Waals surface area contributed by atoms with Crippen LogP contribution in [-0.2, 0) is 4.79 Å². The van der Waals surface area contributed by atoms with Gasteiger partial charge < -0.3 is 14.9 Å². The summed E-state index contributed by atoms with van der Waals surface area (Å²) in [4.78, 5) is 10.5. The first-order chi connectivity index (χ1) is 7.41. The molecule has 1 aromatic rings. The van der Waals surface area contributed by atoms with Crippen LogP contribution in [0.5, 0.6) is 5.75 Å². The summed E-state index contributed by atoms with van der Waals surface area (Å²) in [6.45, 7) is -1.45. The van der Waals surface area contributed by atoms with Gasteiger partial charge in [-0.1, -0.05) is 12.1 Å². The third kappa shape index (κ3) is 2.90. The highest BCUT2D eigenvalue weighted by Gasteiger charge is 2.18. The van der Waals surface area contributed by atoms with Crippen LogP contribution >= 0.6 is 0 Å². The largest absolute Gasteiger partial charge is 0.479 e. The Hall–Kier alpha value is -1.69. The Kier molecular flexibility index (Phi) is 3.78. The molecular formula is C10H10F2O4. The number of ether oxygens (including phenoxy) is 1. The van der Waals surface area contributed by atoms with E-state index >= 15 is 0 Å². The Bertz CT molecular complexity index is 392. The highest BCUT2D eigenvalue weighted by molar-refractivity contribution is 5.74. The second kappa shape index (κ2) is 4.89. The molecule has 88 valence electrons. The highest BCUT2D eigenvalue weighted by atomic mass is 19.3. The number of alkyl halides is 2. The zero-order valence-corrected chi connectivity index (χ0v) is 8.35. The van der Waals surface area contributed by atoms with Gasteiger partial charge in [0.25, 0.3) is 0 Å². The van der Waals surface area contributed by atoms with Gasteiger partial charge in [0.2, 0.25) is 0 Å². The van der Waals surface area contributed by atoms with E-state index in [2.05, 4.69) is 4.74 Å². The average molecular weight is 232 g/mol. The smallest absolute Gasteiger partial charge is 0.387 e. The maximum atomic E-state index is 12.0. The van der Waals surface area contributed by atoms with Crippen LogP contribution in [0, 0.1) is 6.92 Å². The van der Waals surface area contributed by atoms with Crippen LogP contribution in [0.2, 0.25) is 0 Å². The maximum Gasteiger partial charge on any atom is 0.387 e. The Morgan fingerprint density at radius 3 is 2.56 bits per heavy atom. The lowest BCUT2D eigenvalue weighted by Crippen LogP contribution is -2.11. The number of aryl methyl sites for hydroxylation is 1. The standard InChI is InChI=1S/C10H10F2O4/c1-5-2-3-6(8(13)9(14)15)4-7(5)16-10(11)12/h2-4,8,10,13H,1H3,(H,14,15). The molecule has 1 unspecified atom stereocenters. The Morgan fingerprint density at radius 1 is 1.44 bits per heavy atom. The molecule has 0 fully saturated rings. The van der Waals surface area contributed by atoms with Crippen molar-refractivity contribution in [2.45, 2.75) is 19.6 Å². The minimum absolute atomic E-state index is 0.00579. The summed E-state index contributed by atoms with van der Waals surface area (Å²) in [5.74, 6) is -1.60. The van der Waals surface area contributed by atoms with Crippen LogP contribution in [0.15, 0.2) is 18.2 Å². The van der Waals surface area contributed by atoms with Gasteiger partial charge in [0, 0.05) is 0 Å². The van der Waals surface area contributed by atoms with Crippen LogP contribution in [0.3, 0.4) is 0 Å². The summed E-state index contributed by atoms with van der Waals surface area (Å²) in [6.07, 6.45) is -1.75. The Morgan fingerprint density at radius 2 is 2.06 bits per heavy atom. The van der Waals surface area contributed by atoms with Crippen molar-refractivity contribution in [3.05, 3.63) is 29.3 Å². The van der Waals surface area contributed by atoms with Gasteiger partial charge in [-0.25, -0.2) is 4.79 Å². The number of aliphatic carboxylic acids is 1. The van der Waals surface area contributed by atoms with E-state index in [1.54, 1.807) is 0 Å². The van der Waals surface area contributed by atoms with Crippen molar-refractivity contribution < 1.29 is 28.5 Å². The number of carboxylic acids is 1. The summed E-state index contributed by atoms with van der Waals surface area (Å²) in [5, 5.41) is 17.7. The van der Waals surface area contributed by atoms with Crippen molar-refractivity contribution in [3.63, 3.8) is 0 Å². The van der Waals surface area contributed by atoms with E-state index in [9.17, 15) is 18.7 Å². The summed E-state index contributed by atoms with van der Waals surface area (Å²) in [6, 6.07) is 3.83. The van der Waals surface area contributed by atoms with Crippen LogP contribution in [0.4, 0.5) is 8.78 Å². The molecule has 16 heavy (non-hydrogen) atoms. The monoisotopic (exact) mass is 232 g/mol. The third-order valence-electron chi connectivity index (χ3n) is 1.98. The van der Waals surface area contributed by atoms with Crippen molar-refractivity contribution in [3.8, 4) is 5.75 Å². The minimum Gasteiger partial charge on any atom is -0.479 e. The van der Waals surface area contributed by atoms with Gasteiger partial charge in [-0.05, 0) is 24.1 Å². The van der Waals surface area contributed by atoms with Gasteiger partial charge in [-0.2, -0.15) is 8.78 Å². The summed E-state index contributed by atoms with van der Waals surface area (Å²) < 4.78 is 28.2. The normalized spacial score (nSPS) is 12.6. The van der Waals surface area contributed by atoms with Crippen LogP contribution in [-0.4, -0.2) is 22.8 Å².